The molecule has 4 rings (SSSR count). The number of pyridine rings is 1. The highest BCUT2D eigenvalue weighted by molar-refractivity contribution is 5.99. The molecule has 0 spiro atoms. The number of rotatable bonds is 12. The van der Waals surface area contributed by atoms with E-state index in [1.54, 1.807) is 18.2 Å². The molecule has 0 unspecified atom stereocenters. The number of para-hydroxylation sites is 1. The van der Waals surface area contributed by atoms with Gasteiger partial charge in [0.25, 0.3) is 5.91 Å². The first-order valence-electron chi connectivity index (χ1n) is 12.0. The Morgan fingerprint density at radius 1 is 0.923 bits per heavy atom. The summed E-state index contributed by atoms with van der Waals surface area (Å²) in [6, 6.07) is 17.9. The van der Waals surface area contributed by atoms with Crippen LogP contribution in [0.5, 0.6) is 0 Å². The van der Waals surface area contributed by atoms with Gasteiger partial charge in [0.15, 0.2) is 5.82 Å². The van der Waals surface area contributed by atoms with Crippen LogP contribution in [0.15, 0.2) is 66.7 Å². The number of aliphatic carboxylic acids is 1. The fourth-order valence-corrected chi connectivity index (χ4v) is 4.05. The Morgan fingerprint density at radius 2 is 1.67 bits per heavy atom. The highest BCUT2D eigenvalue weighted by atomic mass is 16.4. The van der Waals surface area contributed by atoms with E-state index in [1.807, 2.05) is 42.5 Å². The number of nitrogens with zero attached hydrogens (tertiary/aromatic N) is 5. The van der Waals surface area contributed by atoms with Crippen LogP contribution in [0.4, 0.5) is 0 Å². The second kappa shape index (κ2) is 12.4. The van der Waals surface area contributed by atoms with Crippen LogP contribution in [0.3, 0.4) is 0 Å². The number of carboxylic acid groups (broad SMARTS) is 1. The molecule has 13 heteroatoms. The highest BCUT2D eigenvalue weighted by Gasteiger charge is 2.27. The number of benzene rings is 2. The Bertz CT molecular complexity index is 1490. The summed E-state index contributed by atoms with van der Waals surface area (Å²) in [5.74, 6) is -2.96. The van der Waals surface area contributed by atoms with Crippen molar-refractivity contribution in [2.45, 2.75) is 37.9 Å². The average Bonchev–Trinajstić information content (AvgIpc) is 3.33. The fraction of sp³-hybridized carbons (Fsp3) is 0.231. The van der Waals surface area contributed by atoms with Gasteiger partial charge in [-0.25, -0.2) is 9.67 Å². The Hall–Kier alpha value is -5.20. The second-order valence-corrected chi connectivity index (χ2v) is 8.83. The molecule has 2 aromatic heterocycles. The number of aromatic nitrogens is 5. The lowest BCUT2D eigenvalue weighted by Crippen LogP contribution is -2.52. The zero-order chi connectivity index (χ0) is 27.8. The number of carbonyl (C=O) groups is 4. The Balaban J connectivity index is 1.53. The molecule has 4 aromatic rings. The van der Waals surface area contributed by atoms with Gasteiger partial charge in [0.05, 0.1) is 11.9 Å². The summed E-state index contributed by atoms with van der Waals surface area (Å²) in [7, 11) is 0. The normalized spacial score (nSPS) is 12.4. The number of hydrogen-bond donors (Lipinski definition) is 4. The Labute approximate surface area is 222 Å². The van der Waals surface area contributed by atoms with Crippen molar-refractivity contribution in [2.75, 3.05) is 0 Å². The minimum absolute atomic E-state index is 0.0738. The molecule has 13 nitrogen and oxygen atoms in total. The van der Waals surface area contributed by atoms with Gasteiger partial charge in [-0.2, -0.15) is 0 Å². The lowest BCUT2D eigenvalue weighted by molar-refractivity contribution is -0.138. The van der Waals surface area contributed by atoms with Crippen molar-refractivity contribution >= 4 is 34.6 Å². The first-order valence-corrected chi connectivity index (χ1v) is 12.0. The highest BCUT2D eigenvalue weighted by Crippen LogP contribution is 2.13. The van der Waals surface area contributed by atoms with E-state index < -0.39 is 48.7 Å². The van der Waals surface area contributed by atoms with Crippen LogP contribution < -0.4 is 16.4 Å². The van der Waals surface area contributed by atoms with E-state index in [1.165, 1.54) is 6.07 Å². The zero-order valence-corrected chi connectivity index (χ0v) is 20.7. The van der Waals surface area contributed by atoms with Crippen molar-refractivity contribution < 1.29 is 24.3 Å². The molecule has 2 heterocycles. The van der Waals surface area contributed by atoms with Crippen LogP contribution >= 0.6 is 0 Å². The third-order valence-electron chi connectivity index (χ3n) is 5.85. The molecule has 39 heavy (non-hydrogen) atoms. The smallest absolute Gasteiger partial charge is 0.325 e. The van der Waals surface area contributed by atoms with Crippen LogP contribution in [-0.4, -0.2) is 66.1 Å². The number of amides is 3. The number of nitrogens with two attached hydrogens (primary N) is 1. The summed E-state index contributed by atoms with van der Waals surface area (Å²) in [5.41, 5.74) is 6.94. The predicted octanol–water partition coefficient (Wildman–Crippen LogP) is 0.250. The molecule has 3 amide bonds. The van der Waals surface area contributed by atoms with Crippen LogP contribution in [0, 0.1) is 0 Å². The molecule has 0 aliphatic rings. The summed E-state index contributed by atoms with van der Waals surface area (Å²) < 4.78 is 1.13. The summed E-state index contributed by atoms with van der Waals surface area (Å²) in [6.07, 6.45) is -0.0136. The third-order valence-corrected chi connectivity index (χ3v) is 5.85. The molecule has 0 radical (unpaired) electrons. The molecule has 2 aromatic carbocycles. The van der Waals surface area contributed by atoms with Crippen molar-refractivity contribution in [1.29, 1.82) is 0 Å². The van der Waals surface area contributed by atoms with Gasteiger partial charge < -0.3 is 21.5 Å². The Kier molecular flexibility index (Phi) is 8.51. The number of nitrogens with one attached hydrogen (secondary N) is 2. The maximum Gasteiger partial charge on any atom is 0.325 e. The van der Waals surface area contributed by atoms with Gasteiger partial charge >= 0.3 is 5.97 Å². The van der Waals surface area contributed by atoms with E-state index in [-0.39, 0.29) is 17.9 Å². The average molecular weight is 531 g/mol. The number of carboxylic acids is 1. The van der Waals surface area contributed by atoms with Gasteiger partial charge in [0.1, 0.15) is 18.3 Å². The maximum absolute atomic E-state index is 13.3. The van der Waals surface area contributed by atoms with Crippen LogP contribution in [0.1, 0.15) is 28.3 Å². The first-order chi connectivity index (χ1) is 18.8. The van der Waals surface area contributed by atoms with E-state index in [2.05, 4.69) is 31.1 Å². The van der Waals surface area contributed by atoms with Crippen molar-refractivity contribution in [3.8, 4) is 0 Å². The number of fused-ring (bicyclic) bond motifs is 1. The number of primary amides is 1. The van der Waals surface area contributed by atoms with E-state index in [9.17, 15) is 19.2 Å². The molecule has 0 aliphatic carbocycles. The first kappa shape index (κ1) is 26.9. The summed E-state index contributed by atoms with van der Waals surface area (Å²) in [6.45, 7) is -0.451. The molecule has 0 aliphatic heterocycles. The van der Waals surface area contributed by atoms with E-state index in [0.717, 1.165) is 15.6 Å². The molecule has 2 atom stereocenters. The quantitative estimate of drug-likeness (QED) is 0.198. The molecule has 5 N–H and O–H groups in total. The molecular formula is C26H26N8O5. The van der Waals surface area contributed by atoms with E-state index in [4.69, 9.17) is 10.8 Å². The fourth-order valence-electron chi connectivity index (χ4n) is 4.05. The summed E-state index contributed by atoms with van der Waals surface area (Å²) in [4.78, 5) is 53.6. The molecule has 0 fully saturated rings. The van der Waals surface area contributed by atoms with Gasteiger partial charge in [-0.3, -0.25) is 19.2 Å². The largest absolute Gasteiger partial charge is 0.480 e. The van der Waals surface area contributed by atoms with Gasteiger partial charge in [0, 0.05) is 17.8 Å². The zero-order valence-electron chi connectivity index (χ0n) is 20.7. The SMILES string of the molecule is NC(=O)C[C@H](NC(=O)c1ccc2ccccc2n1)C(=O)N[C@@H](Cc1ccccc1)Cc1nnnn1CC(=O)O. The van der Waals surface area contributed by atoms with Gasteiger partial charge in [-0.05, 0) is 34.5 Å². The minimum Gasteiger partial charge on any atom is -0.480 e. The van der Waals surface area contributed by atoms with Crippen molar-refractivity contribution in [3.05, 3.63) is 83.8 Å². The topological polar surface area (TPSA) is 195 Å². The van der Waals surface area contributed by atoms with Crippen LogP contribution in [0.2, 0.25) is 0 Å². The lowest BCUT2D eigenvalue weighted by Gasteiger charge is -2.23. The van der Waals surface area contributed by atoms with Crippen LogP contribution in [0.25, 0.3) is 10.9 Å². The maximum atomic E-state index is 13.3. The molecule has 0 bridgehead atoms. The standard InChI is InChI=1S/C26H26N8O5/c27-22(35)14-21(30-25(38)20-11-10-17-8-4-5-9-19(17)29-20)26(39)28-18(12-16-6-2-1-3-7-16)13-23-31-32-33-34(23)15-24(36)37/h1-11,18,21H,12-15H2,(H2,27,35)(H,28,39)(H,30,38)(H,36,37)/t18-,21-/m0/s1. The lowest BCUT2D eigenvalue weighted by atomic mass is 10.0. The summed E-state index contributed by atoms with van der Waals surface area (Å²) in [5, 5.41) is 26.5. The second-order valence-electron chi connectivity index (χ2n) is 8.83. The molecular weight excluding hydrogens is 504 g/mol. The van der Waals surface area contributed by atoms with Gasteiger partial charge in [-0.1, -0.05) is 54.6 Å². The molecule has 0 saturated carbocycles. The van der Waals surface area contributed by atoms with Crippen molar-refractivity contribution in [1.82, 2.24) is 35.8 Å². The number of hydrogen-bond acceptors (Lipinski definition) is 8. The minimum atomic E-state index is -1.28. The third kappa shape index (κ3) is 7.41. The van der Waals surface area contributed by atoms with Crippen LogP contribution in [-0.2, 0) is 33.8 Å². The Morgan fingerprint density at radius 3 is 2.41 bits per heavy atom. The van der Waals surface area contributed by atoms with Gasteiger partial charge in [-0.15, -0.1) is 5.10 Å². The van der Waals surface area contributed by atoms with Gasteiger partial charge in [0.2, 0.25) is 11.8 Å². The predicted molar refractivity (Wildman–Crippen MR) is 138 cm³/mol. The van der Waals surface area contributed by atoms with E-state index in [0.29, 0.717) is 11.9 Å². The summed E-state index contributed by atoms with van der Waals surface area (Å²) >= 11 is 0. The monoisotopic (exact) mass is 530 g/mol. The van der Waals surface area contributed by atoms with Crippen molar-refractivity contribution in [3.63, 3.8) is 0 Å². The van der Waals surface area contributed by atoms with Crippen molar-refractivity contribution in [2.24, 2.45) is 5.73 Å². The number of tetrazole rings is 1. The molecule has 0 saturated heterocycles. The molecule has 200 valence electrons. The number of carbonyl (C=O) groups excluding carboxylic acids is 3. The van der Waals surface area contributed by atoms with E-state index >= 15 is 0 Å².